The van der Waals surface area contributed by atoms with Gasteiger partial charge in [0.25, 0.3) is 0 Å². The molecule has 0 saturated heterocycles. The van der Waals surface area contributed by atoms with Gasteiger partial charge in [0.1, 0.15) is 0 Å². The standard InChI is InChI=1S/C11H14N2S2/c1-7-3-4-14-11(7)9-6-15-10(13-9)5-8(2)12/h3-4,6,8H,5,12H2,1-2H3. The number of rotatable bonds is 3. The summed E-state index contributed by atoms with van der Waals surface area (Å²) in [5, 5.41) is 5.36. The topological polar surface area (TPSA) is 38.9 Å². The molecule has 2 heterocycles. The largest absolute Gasteiger partial charge is 0.328 e. The monoisotopic (exact) mass is 238 g/mol. The maximum atomic E-state index is 5.75. The van der Waals surface area contributed by atoms with Crippen LogP contribution in [-0.2, 0) is 6.42 Å². The summed E-state index contributed by atoms with van der Waals surface area (Å²) >= 11 is 3.45. The van der Waals surface area contributed by atoms with E-state index in [1.807, 2.05) is 6.92 Å². The third kappa shape index (κ3) is 2.45. The van der Waals surface area contributed by atoms with Crippen molar-refractivity contribution >= 4 is 22.7 Å². The fraction of sp³-hybridized carbons (Fsp3) is 0.364. The lowest BCUT2D eigenvalue weighted by atomic mass is 10.2. The van der Waals surface area contributed by atoms with Crippen LogP contribution in [0.15, 0.2) is 16.8 Å². The second-order valence-electron chi connectivity index (χ2n) is 3.74. The van der Waals surface area contributed by atoms with Crippen LogP contribution in [0, 0.1) is 6.92 Å². The molecule has 2 aromatic rings. The number of aryl methyl sites for hydroxylation is 1. The Morgan fingerprint density at radius 1 is 1.47 bits per heavy atom. The highest BCUT2D eigenvalue weighted by Gasteiger charge is 2.09. The Kier molecular flexibility index (Phi) is 3.19. The van der Waals surface area contributed by atoms with Gasteiger partial charge >= 0.3 is 0 Å². The summed E-state index contributed by atoms with van der Waals surface area (Å²) in [6, 6.07) is 2.32. The third-order valence-corrected chi connectivity index (χ3v) is 4.05. The summed E-state index contributed by atoms with van der Waals surface area (Å²) in [7, 11) is 0. The Hall–Kier alpha value is -0.710. The number of aromatic nitrogens is 1. The second kappa shape index (κ2) is 4.43. The highest BCUT2D eigenvalue weighted by atomic mass is 32.1. The molecule has 0 aliphatic rings. The fourth-order valence-corrected chi connectivity index (χ4v) is 3.31. The highest BCUT2D eigenvalue weighted by Crippen LogP contribution is 2.30. The van der Waals surface area contributed by atoms with E-state index in [4.69, 9.17) is 5.73 Å². The molecule has 15 heavy (non-hydrogen) atoms. The van der Waals surface area contributed by atoms with Crippen molar-refractivity contribution in [3.63, 3.8) is 0 Å². The molecule has 4 heteroatoms. The molecule has 0 amide bonds. The zero-order chi connectivity index (χ0) is 10.8. The minimum Gasteiger partial charge on any atom is -0.328 e. The number of nitrogens with two attached hydrogens (primary N) is 1. The molecule has 2 N–H and O–H groups in total. The molecule has 1 atom stereocenters. The van der Waals surface area contributed by atoms with Crippen molar-refractivity contribution in [2.45, 2.75) is 26.3 Å². The van der Waals surface area contributed by atoms with E-state index in [1.165, 1.54) is 10.4 Å². The van der Waals surface area contributed by atoms with E-state index in [1.54, 1.807) is 22.7 Å². The van der Waals surface area contributed by atoms with Crippen LogP contribution in [0.1, 0.15) is 17.5 Å². The van der Waals surface area contributed by atoms with Crippen molar-refractivity contribution < 1.29 is 0 Å². The molecule has 0 radical (unpaired) electrons. The number of hydrogen-bond donors (Lipinski definition) is 1. The summed E-state index contributed by atoms with van der Waals surface area (Å²) in [5.41, 5.74) is 8.16. The van der Waals surface area contributed by atoms with E-state index in [0.29, 0.717) is 0 Å². The van der Waals surface area contributed by atoms with Gasteiger partial charge in [-0.15, -0.1) is 22.7 Å². The Morgan fingerprint density at radius 2 is 2.27 bits per heavy atom. The van der Waals surface area contributed by atoms with Crippen LogP contribution in [0.2, 0.25) is 0 Å². The minimum absolute atomic E-state index is 0.188. The van der Waals surface area contributed by atoms with Gasteiger partial charge in [-0.05, 0) is 30.9 Å². The molecule has 0 aliphatic heterocycles. The molecule has 0 aromatic carbocycles. The first-order valence-electron chi connectivity index (χ1n) is 4.91. The molecule has 0 spiro atoms. The Morgan fingerprint density at radius 3 is 2.87 bits per heavy atom. The maximum absolute atomic E-state index is 5.75. The first-order chi connectivity index (χ1) is 7.16. The lowest BCUT2D eigenvalue weighted by Crippen LogP contribution is -2.17. The van der Waals surface area contributed by atoms with Gasteiger partial charge in [0.2, 0.25) is 0 Å². The van der Waals surface area contributed by atoms with E-state index < -0.39 is 0 Å². The van der Waals surface area contributed by atoms with Gasteiger partial charge in [-0.2, -0.15) is 0 Å². The number of thiophene rings is 1. The van der Waals surface area contributed by atoms with Crippen LogP contribution in [-0.4, -0.2) is 11.0 Å². The summed E-state index contributed by atoms with van der Waals surface area (Å²) < 4.78 is 0. The summed E-state index contributed by atoms with van der Waals surface area (Å²) in [5.74, 6) is 0. The third-order valence-electron chi connectivity index (χ3n) is 2.14. The molecule has 2 nitrogen and oxygen atoms in total. The molecule has 0 saturated carbocycles. The summed E-state index contributed by atoms with van der Waals surface area (Å²) in [4.78, 5) is 5.88. The lowest BCUT2D eigenvalue weighted by molar-refractivity contribution is 0.734. The fourth-order valence-electron chi connectivity index (χ4n) is 1.42. The molecule has 2 rings (SSSR count). The van der Waals surface area contributed by atoms with E-state index in [2.05, 4.69) is 28.7 Å². The second-order valence-corrected chi connectivity index (χ2v) is 5.60. The van der Waals surface area contributed by atoms with Gasteiger partial charge in [0, 0.05) is 17.8 Å². The number of nitrogens with zero attached hydrogens (tertiary/aromatic N) is 1. The average molecular weight is 238 g/mol. The maximum Gasteiger partial charge on any atom is 0.0948 e. The molecular weight excluding hydrogens is 224 g/mol. The molecular formula is C11H14N2S2. The summed E-state index contributed by atoms with van der Waals surface area (Å²) in [6.07, 6.45) is 0.870. The Balaban J connectivity index is 2.24. The minimum atomic E-state index is 0.188. The first kappa shape index (κ1) is 10.8. The predicted octanol–water partition coefficient (Wildman–Crippen LogP) is 3.07. The van der Waals surface area contributed by atoms with Gasteiger partial charge < -0.3 is 5.73 Å². The van der Waals surface area contributed by atoms with Gasteiger partial charge in [0.15, 0.2) is 0 Å². The van der Waals surface area contributed by atoms with Crippen LogP contribution in [0.4, 0.5) is 0 Å². The van der Waals surface area contributed by atoms with E-state index in [-0.39, 0.29) is 6.04 Å². The van der Waals surface area contributed by atoms with Crippen LogP contribution in [0.25, 0.3) is 10.6 Å². The quantitative estimate of drug-likeness (QED) is 0.892. The molecule has 80 valence electrons. The van der Waals surface area contributed by atoms with Crippen molar-refractivity contribution in [2.75, 3.05) is 0 Å². The van der Waals surface area contributed by atoms with Crippen LogP contribution in [0.5, 0.6) is 0 Å². The van der Waals surface area contributed by atoms with Crippen LogP contribution >= 0.6 is 22.7 Å². The Bertz CT molecular complexity index is 443. The molecule has 0 fully saturated rings. The van der Waals surface area contributed by atoms with Crippen LogP contribution in [0.3, 0.4) is 0 Å². The smallest absolute Gasteiger partial charge is 0.0948 e. The normalized spacial score (nSPS) is 13.0. The molecule has 1 unspecified atom stereocenters. The number of hydrogen-bond acceptors (Lipinski definition) is 4. The zero-order valence-corrected chi connectivity index (χ0v) is 10.5. The lowest BCUT2D eigenvalue weighted by Gasteiger charge is -1.99. The first-order valence-corrected chi connectivity index (χ1v) is 6.67. The van der Waals surface area contributed by atoms with Crippen LogP contribution < -0.4 is 5.73 Å². The van der Waals surface area contributed by atoms with Crippen molar-refractivity contribution in [3.8, 4) is 10.6 Å². The van der Waals surface area contributed by atoms with E-state index >= 15 is 0 Å². The van der Waals surface area contributed by atoms with Crippen molar-refractivity contribution in [1.29, 1.82) is 0 Å². The summed E-state index contributed by atoms with van der Waals surface area (Å²) in [6.45, 7) is 4.13. The van der Waals surface area contributed by atoms with Gasteiger partial charge in [-0.3, -0.25) is 0 Å². The predicted molar refractivity (Wildman–Crippen MR) is 67.5 cm³/mol. The van der Waals surface area contributed by atoms with Crippen molar-refractivity contribution in [3.05, 3.63) is 27.4 Å². The van der Waals surface area contributed by atoms with Crippen molar-refractivity contribution in [1.82, 2.24) is 4.98 Å². The SMILES string of the molecule is Cc1ccsc1-c1csc(CC(C)N)n1. The van der Waals surface area contributed by atoms with Crippen molar-refractivity contribution in [2.24, 2.45) is 5.73 Å². The Labute approximate surface area is 97.8 Å². The van der Waals surface area contributed by atoms with Gasteiger partial charge in [-0.1, -0.05) is 0 Å². The van der Waals surface area contributed by atoms with Gasteiger partial charge in [0.05, 0.1) is 15.6 Å². The number of thiazole rings is 1. The molecule has 2 aromatic heterocycles. The highest BCUT2D eigenvalue weighted by molar-refractivity contribution is 7.14. The molecule has 0 bridgehead atoms. The zero-order valence-electron chi connectivity index (χ0n) is 8.86. The van der Waals surface area contributed by atoms with Gasteiger partial charge in [-0.25, -0.2) is 4.98 Å². The van der Waals surface area contributed by atoms with E-state index in [9.17, 15) is 0 Å². The van der Waals surface area contributed by atoms with E-state index in [0.717, 1.165) is 17.1 Å². The molecule has 0 aliphatic carbocycles. The average Bonchev–Trinajstić information content (AvgIpc) is 2.72.